The van der Waals surface area contributed by atoms with Crippen LogP contribution in [0.4, 0.5) is 5.13 Å². The molecule has 1 aliphatic heterocycles. The number of amides is 3. The Kier molecular flexibility index (Phi) is 6.54. The molecule has 1 aromatic heterocycles. The Balaban J connectivity index is 1.41. The van der Waals surface area contributed by atoms with Crippen LogP contribution in [0.15, 0.2) is 35.7 Å². The van der Waals surface area contributed by atoms with Gasteiger partial charge in [0.15, 0.2) is 5.13 Å². The van der Waals surface area contributed by atoms with Crippen molar-refractivity contribution in [1.82, 2.24) is 15.2 Å². The number of carbonyl (C=O) groups is 3. The van der Waals surface area contributed by atoms with Gasteiger partial charge >= 0.3 is 0 Å². The van der Waals surface area contributed by atoms with E-state index < -0.39 is 0 Å². The molecule has 0 spiro atoms. The predicted octanol–water partition coefficient (Wildman–Crippen LogP) is 2.07. The van der Waals surface area contributed by atoms with Gasteiger partial charge in [0.2, 0.25) is 11.8 Å². The monoisotopic (exact) mass is 386 g/mol. The van der Waals surface area contributed by atoms with Gasteiger partial charge in [-0.1, -0.05) is 18.2 Å². The predicted molar refractivity (Wildman–Crippen MR) is 104 cm³/mol. The summed E-state index contributed by atoms with van der Waals surface area (Å²) in [6, 6.07) is 8.87. The lowest BCUT2D eigenvalue weighted by Gasteiger charge is -2.15. The van der Waals surface area contributed by atoms with Crippen LogP contribution in [0.1, 0.15) is 35.3 Å². The van der Waals surface area contributed by atoms with Crippen molar-refractivity contribution < 1.29 is 14.4 Å². The number of rotatable bonds is 7. The van der Waals surface area contributed by atoms with Crippen molar-refractivity contribution in [3.63, 3.8) is 0 Å². The van der Waals surface area contributed by atoms with Crippen LogP contribution in [0.2, 0.25) is 0 Å². The molecular weight excluding hydrogens is 364 g/mol. The van der Waals surface area contributed by atoms with Crippen LogP contribution in [0.3, 0.4) is 0 Å². The quantitative estimate of drug-likeness (QED) is 0.762. The first-order valence-corrected chi connectivity index (χ1v) is 9.85. The molecule has 2 N–H and O–H groups in total. The summed E-state index contributed by atoms with van der Waals surface area (Å²) in [4.78, 5) is 42.2. The Morgan fingerprint density at radius 1 is 1.11 bits per heavy atom. The number of aromatic nitrogens is 1. The summed E-state index contributed by atoms with van der Waals surface area (Å²) in [6.07, 6.45) is 2.56. The molecule has 0 atom stereocenters. The van der Waals surface area contributed by atoms with Gasteiger partial charge < -0.3 is 10.2 Å². The summed E-state index contributed by atoms with van der Waals surface area (Å²) in [6.45, 7) is 1.97. The van der Waals surface area contributed by atoms with E-state index in [-0.39, 0.29) is 24.1 Å². The number of benzene rings is 1. The van der Waals surface area contributed by atoms with Gasteiger partial charge in [0.1, 0.15) is 0 Å². The zero-order chi connectivity index (χ0) is 19.1. The van der Waals surface area contributed by atoms with Crippen LogP contribution in [-0.4, -0.2) is 47.2 Å². The van der Waals surface area contributed by atoms with Crippen molar-refractivity contribution in [1.29, 1.82) is 0 Å². The topological polar surface area (TPSA) is 91.4 Å². The first kappa shape index (κ1) is 19.0. The molecule has 2 heterocycles. The maximum Gasteiger partial charge on any atom is 0.257 e. The molecule has 2 aromatic rings. The highest BCUT2D eigenvalue weighted by atomic mass is 32.1. The Hall–Kier alpha value is -2.74. The first-order chi connectivity index (χ1) is 13.1. The van der Waals surface area contributed by atoms with Gasteiger partial charge in [-0.15, -0.1) is 11.3 Å². The molecule has 8 heteroatoms. The molecule has 1 saturated heterocycles. The van der Waals surface area contributed by atoms with Gasteiger partial charge in [-0.05, 0) is 25.0 Å². The molecule has 1 aromatic carbocycles. The van der Waals surface area contributed by atoms with E-state index in [0.717, 1.165) is 25.9 Å². The van der Waals surface area contributed by atoms with Crippen LogP contribution in [0.25, 0.3) is 0 Å². The van der Waals surface area contributed by atoms with Gasteiger partial charge in [0.25, 0.3) is 5.91 Å². The van der Waals surface area contributed by atoms with E-state index in [4.69, 9.17) is 0 Å². The normalized spacial score (nSPS) is 13.4. The minimum atomic E-state index is -0.235. The Labute approximate surface area is 161 Å². The molecule has 1 fully saturated rings. The third kappa shape index (κ3) is 5.62. The lowest BCUT2D eigenvalue weighted by molar-refractivity contribution is -0.130. The van der Waals surface area contributed by atoms with Crippen LogP contribution < -0.4 is 10.6 Å². The Bertz CT molecular complexity index is 800. The molecule has 0 saturated carbocycles. The number of anilines is 1. The maximum atomic E-state index is 12.1. The smallest absolute Gasteiger partial charge is 0.257 e. The first-order valence-electron chi connectivity index (χ1n) is 8.97. The fourth-order valence-electron chi connectivity index (χ4n) is 2.86. The molecule has 142 valence electrons. The van der Waals surface area contributed by atoms with Crippen LogP contribution in [0, 0.1) is 0 Å². The van der Waals surface area contributed by atoms with Crippen molar-refractivity contribution in [2.75, 3.05) is 25.0 Å². The standard InChI is InChI=1S/C19H22N4O3S/c24-16(20-9-8-17(25)23-10-4-5-11-23)12-15-13-27-19(21-15)22-18(26)14-6-2-1-3-7-14/h1-3,6-7,13H,4-5,8-12H2,(H,20,24)(H,21,22,26). The number of thiazole rings is 1. The summed E-state index contributed by atoms with van der Waals surface area (Å²) in [7, 11) is 0. The third-order valence-corrected chi connectivity index (χ3v) is 5.08. The van der Waals surface area contributed by atoms with Gasteiger partial charge in [0, 0.05) is 37.0 Å². The zero-order valence-corrected chi connectivity index (χ0v) is 15.8. The minimum Gasteiger partial charge on any atom is -0.355 e. The van der Waals surface area contributed by atoms with Crippen molar-refractivity contribution in [3.05, 3.63) is 47.0 Å². The number of nitrogens with zero attached hydrogens (tertiary/aromatic N) is 2. The third-order valence-electron chi connectivity index (χ3n) is 4.27. The number of hydrogen-bond acceptors (Lipinski definition) is 5. The largest absolute Gasteiger partial charge is 0.355 e. The van der Waals surface area contributed by atoms with E-state index in [9.17, 15) is 14.4 Å². The van der Waals surface area contributed by atoms with Crippen molar-refractivity contribution >= 4 is 34.2 Å². The Morgan fingerprint density at radius 2 is 1.85 bits per heavy atom. The molecule has 0 radical (unpaired) electrons. The molecular formula is C19H22N4O3S. The number of likely N-dealkylation sites (tertiary alicyclic amines) is 1. The summed E-state index contributed by atoms with van der Waals surface area (Å²) < 4.78 is 0. The summed E-state index contributed by atoms with van der Waals surface area (Å²) in [5, 5.41) is 7.68. The van der Waals surface area contributed by atoms with E-state index in [2.05, 4.69) is 15.6 Å². The van der Waals surface area contributed by atoms with Crippen molar-refractivity contribution in [2.45, 2.75) is 25.7 Å². The second-order valence-electron chi connectivity index (χ2n) is 6.33. The van der Waals surface area contributed by atoms with E-state index in [1.807, 2.05) is 11.0 Å². The van der Waals surface area contributed by atoms with Gasteiger partial charge in [-0.3, -0.25) is 19.7 Å². The summed E-state index contributed by atoms with van der Waals surface area (Å²) in [5.41, 5.74) is 1.14. The fourth-order valence-corrected chi connectivity index (χ4v) is 3.57. The van der Waals surface area contributed by atoms with Gasteiger partial charge in [-0.25, -0.2) is 4.98 Å². The second kappa shape index (κ2) is 9.27. The van der Waals surface area contributed by atoms with Crippen LogP contribution in [-0.2, 0) is 16.0 Å². The van der Waals surface area contributed by atoms with E-state index in [1.165, 1.54) is 11.3 Å². The molecule has 0 bridgehead atoms. The summed E-state index contributed by atoms with van der Waals surface area (Å²) in [5.74, 6) is -0.329. The average molecular weight is 386 g/mol. The van der Waals surface area contributed by atoms with Crippen LogP contribution in [0.5, 0.6) is 0 Å². The van der Waals surface area contributed by atoms with E-state index >= 15 is 0 Å². The molecule has 3 amide bonds. The molecule has 0 aliphatic carbocycles. The highest BCUT2D eigenvalue weighted by Gasteiger charge is 2.17. The lowest BCUT2D eigenvalue weighted by atomic mass is 10.2. The number of carbonyl (C=O) groups excluding carboxylic acids is 3. The molecule has 1 aliphatic rings. The van der Waals surface area contributed by atoms with Gasteiger partial charge in [-0.2, -0.15) is 0 Å². The fraction of sp³-hybridized carbons (Fsp3) is 0.368. The average Bonchev–Trinajstić information content (AvgIpc) is 3.34. The molecule has 7 nitrogen and oxygen atoms in total. The highest BCUT2D eigenvalue weighted by molar-refractivity contribution is 7.14. The van der Waals surface area contributed by atoms with Crippen molar-refractivity contribution in [2.24, 2.45) is 0 Å². The number of hydrogen-bond donors (Lipinski definition) is 2. The summed E-state index contributed by atoms with van der Waals surface area (Å²) >= 11 is 1.28. The van der Waals surface area contributed by atoms with Crippen LogP contribution >= 0.6 is 11.3 Å². The molecule has 3 rings (SSSR count). The van der Waals surface area contributed by atoms with Gasteiger partial charge in [0.05, 0.1) is 12.1 Å². The SMILES string of the molecule is O=C(Cc1csc(NC(=O)c2ccccc2)n1)NCCC(=O)N1CCCC1. The maximum absolute atomic E-state index is 12.1. The number of nitrogens with one attached hydrogen (secondary N) is 2. The highest BCUT2D eigenvalue weighted by Crippen LogP contribution is 2.17. The molecule has 27 heavy (non-hydrogen) atoms. The lowest BCUT2D eigenvalue weighted by Crippen LogP contribution is -2.33. The zero-order valence-electron chi connectivity index (χ0n) is 14.9. The second-order valence-corrected chi connectivity index (χ2v) is 7.19. The minimum absolute atomic E-state index is 0.0902. The molecule has 0 unspecified atom stereocenters. The Morgan fingerprint density at radius 3 is 2.59 bits per heavy atom. The van der Waals surface area contributed by atoms with Crippen molar-refractivity contribution in [3.8, 4) is 0 Å². The van der Waals surface area contributed by atoms with E-state index in [0.29, 0.717) is 29.4 Å². The van der Waals surface area contributed by atoms with E-state index in [1.54, 1.807) is 29.6 Å².